The molecule has 2 aromatic carbocycles. The molecule has 1 N–H and O–H groups in total. The number of rotatable bonds is 12. The Morgan fingerprint density at radius 3 is 1.90 bits per heavy atom. The van der Waals surface area contributed by atoms with Gasteiger partial charge in [0.25, 0.3) is 0 Å². The van der Waals surface area contributed by atoms with Gasteiger partial charge < -0.3 is 24.9 Å². The molecular weight excluding hydrogens is 414 g/mol. The summed E-state index contributed by atoms with van der Waals surface area (Å²) in [5.41, 5.74) is 0.256. The van der Waals surface area contributed by atoms with Crippen molar-refractivity contribution in [3.8, 4) is 0 Å². The standard InChI is InChI=1S/C24H30O5.2Na/c1-18(10-6-3-2-4-9-13-22(25)26)24(29,20-11-7-5-8-12-20)21-16-14-19(15-17-21)23(27)28;;/h5,7-8,11-12,14-18,29H,2-4,6,9-10,13H2,1H3,(H,25,26)(H,27,28);;/q;2*+1/p-2. The Hall–Kier alpha value is -0.660. The Morgan fingerprint density at radius 1 is 0.839 bits per heavy atom. The number of carbonyl (C=O) groups is 2. The molecule has 0 aromatic heterocycles. The van der Waals surface area contributed by atoms with E-state index in [2.05, 4.69) is 0 Å². The maximum Gasteiger partial charge on any atom is 1.00 e. The van der Waals surface area contributed by atoms with Gasteiger partial charge in [0.2, 0.25) is 0 Å². The van der Waals surface area contributed by atoms with Crippen LogP contribution in [0.15, 0.2) is 54.6 Å². The van der Waals surface area contributed by atoms with Gasteiger partial charge in [0.05, 0.1) is 5.97 Å². The summed E-state index contributed by atoms with van der Waals surface area (Å²) in [6, 6.07) is 15.6. The van der Waals surface area contributed by atoms with E-state index in [-0.39, 0.29) is 77.0 Å². The van der Waals surface area contributed by atoms with Crippen molar-refractivity contribution in [1.82, 2.24) is 0 Å². The second-order valence-electron chi connectivity index (χ2n) is 7.58. The van der Waals surface area contributed by atoms with Gasteiger partial charge in [-0.3, -0.25) is 0 Å². The summed E-state index contributed by atoms with van der Waals surface area (Å²) >= 11 is 0. The largest absolute Gasteiger partial charge is 1.00 e. The van der Waals surface area contributed by atoms with Crippen LogP contribution in [0.3, 0.4) is 0 Å². The average molecular weight is 442 g/mol. The van der Waals surface area contributed by atoms with Crippen LogP contribution in [0.1, 0.15) is 73.4 Å². The van der Waals surface area contributed by atoms with Crippen LogP contribution in [0.2, 0.25) is 0 Å². The first-order valence-electron chi connectivity index (χ1n) is 10.1. The molecule has 0 fully saturated rings. The van der Waals surface area contributed by atoms with Gasteiger partial charge in [0, 0.05) is 5.97 Å². The molecular formula is C24H28Na2O5. The van der Waals surface area contributed by atoms with Crippen LogP contribution in [0.25, 0.3) is 0 Å². The Bertz CT molecular complexity index is 795. The molecule has 0 amide bonds. The Balaban J connectivity index is 0.00000450. The molecule has 0 spiro atoms. The van der Waals surface area contributed by atoms with Crippen molar-refractivity contribution in [1.29, 1.82) is 0 Å². The molecule has 2 aromatic rings. The summed E-state index contributed by atoms with van der Waals surface area (Å²) in [5, 5.41) is 33.2. The maximum atomic E-state index is 11.7. The molecule has 31 heavy (non-hydrogen) atoms. The second-order valence-corrected chi connectivity index (χ2v) is 7.58. The normalized spacial score (nSPS) is 13.2. The van der Waals surface area contributed by atoms with Crippen molar-refractivity contribution < 1.29 is 84.0 Å². The fourth-order valence-corrected chi connectivity index (χ4v) is 3.75. The van der Waals surface area contributed by atoms with Crippen molar-refractivity contribution >= 4 is 11.9 Å². The van der Waals surface area contributed by atoms with Crippen LogP contribution < -0.4 is 69.3 Å². The minimum absolute atomic E-state index is 0. The fraction of sp³-hybridized carbons (Fsp3) is 0.417. The van der Waals surface area contributed by atoms with E-state index in [1.165, 1.54) is 12.1 Å². The van der Waals surface area contributed by atoms with E-state index in [0.717, 1.165) is 37.7 Å². The third-order valence-electron chi connectivity index (χ3n) is 5.51. The monoisotopic (exact) mass is 442 g/mol. The van der Waals surface area contributed by atoms with Crippen molar-refractivity contribution in [2.24, 2.45) is 5.92 Å². The molecule has 156 valence electrons. The fourth-order valence-electron chi connectivity index (χ4n) is 3.75. The molecule has 2 unspecified atom stereocenters. The van der Waals surface area contributed by atoms with Crippen molar-refractivity contribution in [3.05, 3.63) is 71.3 Å². The van der Waals surface area contributed by atoms with Crippen molar-refractivity contribution in [2.75, 3.05) is 0 Å². The zero-order valence-electron chi connectivity index (χ0n) is 18.8. The van der Waals surface area contributed by atoms with E-state index < -0.39 is 17.5 Å². The zero-order valence-corrected chi connectivity index (χ0v) is 22.8. The van der Waals surface area contributed by atoms with Crippen LogP contribution in [-0.2, 0) is 10.4 Å². The first kappa shape index (κ1) is 30.3. The molecule has 7 heteroatoms. The summed E-state index contributed by atoms with van der Waals surface area (Å²) < 4.78 is 0. The summed E-state index contributed by atoms with van der Waals surface area (Å²) in [6.45, 7) is 2.00. The van der Waals surface area contributed by atoms with Crippen molar-refractivity contribution in [2.45, 2.75) is 57.5 Å². The van der Waals surface area contributed by atoms with E-state index >= 15 is 0 Å². The summed E-state index contributed by atoms with van der Waals surface area (Å²) in [5.74, 6) is -2.34. The molecule has 0 saturated carbocycles. The number of carboxylic acid groups (broad SMARTS) is 2. The molecule has 2 rings (SSSR count). The predicted octanol–water partition coefficient (Wildman–Crippen LogP) is -3.59. The number of carbonyl (C=O) groups excluding carboxylic acids is 2. The van der Waals surface area contributed by atoms with Gasteiger partial charge in [-0.05, 0) is 41.9 Å². The zero-order chi connectivity index (χ0) is 21.3. The van der Waals surface area contributed by atoms with Gasteiger partial charge in [-0.25, -0.2) is 0 Å². The molecule has 2 atom stereocenters. The van der Waals surface area contributed by atoms with E-state index in [0.29, 0.717) is 12.0 Å². The predicted molar refractivity (Wildman–Crippen MR) is 107 cm³/mol. The van der Waals surface area contributed by atoms with Crippen LogP contribution in [-0.4, -0.2) is 17.0 Å². The number of hydrogen-bond donors (Lipinski definition) is 1. The summed E-state index contributed by atoms with van der Waals surface area (Å²) in [4.78, 5) is 21.5. The Labute approximate surface area is 228 Å². The average Bonchev–Trinajstić information content (AvgIpc) is 2.72. The van der Waals surface area contributed by atoms with Gasteiger partial charge >= 0.3 is 59.1 Å². The third-order valence-corrected chi connectivity index (χ3v) is 5.51. The number of hydrogen-bond acceptors (Lipinski definition) is 5. The molecule has 0 aliphatic rings. The molecule has 5 nitrogen and oxygen atoms in total. The van der Waals surface area contributed by atoms with Gasteiger partial charge in [0.15, 0.2) is 0 Å². The quantitative estimate of drug-likeness (QED) is 0.271. The first-order chi connectivity index (χ1) is 13.9. The van der Waals surface area contributed by atoms with Gasteiger partial charge in [0.1, 0.15) is 5.60 Å². The number of aliphatic hydroxyl groups is 1. The first-order valence-corrected chi connectivity index (χ1v) is 10.1. The number of unbranched alkanes of at least 4 members (excludes halogenated alkanes) is 4. The van der Waals surface area contributed by atoms with E-state index in [1.807, 2.05) is 37.3 Å². The van der Waals surface area contributed by atoms with E-state index in [9.17, 15) is 24.9 Å². The molecule has 0 saturated heterocycles. The van der Waals surface area contributed by atoms with Gasteiger partial charge in [-0.1, -0.05) is 87.2 Å². The minimum Gasteiger partial charge on any atom is -0.550 e. The molecule has 0 heterocycles. The number of benzene rings is 2. The minimum atomic E-state index is -1.24. The van der Waals surface area contributed by atoms with E-state index in [1.54, 1.807) is 12.1 Å². The van der Waals surface area contributed by atoms with Crippen LogP contribution in [0.4, 0.5) is 0 Å². The topological polar surface area (TPSA) is 100 Å². The summed E-state index contributed by atoms with van der Waals surface area (Å²) in [7, 11) is 0. The third kappa shape index (κ3) is 9.01. The molecule has 0 radical (unpaired) electrons. The van der Waals surface area contributed by atoms with Gasteiger partial charge in [-0.2, -0.15) is 0 Å². The molecule has 0 bridgehead atoms. The Morgan fingerprint density at radius 2 is 1.35 bits per heavy atom. The molecule has 0 aliphatic carbocycles. The number of carboxylic acids is 2. The van der Waals surface area contributed by atoms with Crippen LogP contribution >= 0.6 is 0 Å². The maximum absolute atomic E-state index is 11.7. The SMILES string of the molecule is CC(CCCCCCCC(=O)[O-])C(O)(c1ccccc1)c1ccc(C(=O)[O-])cc1.[Na+].[Na+]. The van der Waals surface area contributed by atoms with E-state index in [4.69, 9.17) is 0 Å². The van der Waals surface area contributed by atoms with Gasteiger partial charge in [-0.15, -0.1) is 0 Å². The number of aliphatic carboxylic acids is 1. The smallest absolute Gasteiger partial charge is 0.550 e. The second kappa shape index (κ2) is 15.2. The van der Waals surface area contributed by atoms with Crippen LogP contribution in [0.5, 0.6) is 0 Å². The van der Waals surface area contributed by atoms with Crippen molar-refractivity contribution in [3.63, 3.8) is 0 Å². The molecule has 0 aliphatic heterocycles. The Kier molecular flexibility index (Phi) is 14.9. The summed E-state index contributed by atoms with van der Waals surface area (Å²) in [6.07, 6.45) is 5.21. The van der Waals surface area contributed by atoms with Crippen LogP contribution in [0, 0.1) is 5.92 Å². The number of aromatic carboxylic acids is 1.